The third-order valence-corrected chi connectivity index (χ3v) is 5.07. The van der Waals surface area contributed by atoms with Crippen molar-refractivity contribution >= 4 is 62.2 Å². The number of aryl methyl sites for hydroxylation is 1. The van der Waals surface area contributed by atoms with Gasteiger partial charge in [0.25, 0.3) is 0 Å². The minimum absolute atomic E-state index is 0.149. The van der Waals surface area contributed by atoms with Gasteiger partial charge in [-0.15, -0.1) is 10.2 Å². The van der Waals surface area contributed by atoms with Gasteiger partial charge in [0.15, 0.2) is 5.65 Å². The first-order valence-electron chi connectivity index (χ1n) is 9.17. The zero-order valence-corrected chi connectivity index (χ0v) is 20.4. The fourth-order valence-electron chi connectivity index (χ4n) is 3.22. The van der Waals surface area contributed by atoms with E-state index in [1.165, 1.54) is 10.7 Å². The zero-order valence-electron chi connectivity index (χ0n) is 16.5. The highest BCUT2D eigenvalue weighted by Gasteiger charge is 2.21. The first-order chi connectivity index (χ1) is 14.7. The molecule has 0 bridgehead atoms. The molecular formula is C18H18BrCl2N5O4S. The van der Waals surface area contributed by atoms with Crippen LogP contribution < -0.4 is 10.4 Å². The quantitative estimate of drug-likeness (QED) is 0.370. The lowest BCUT2D eigenvalue weighted by Gasteiger charge is -2.09. The molecule has 0 fully saturated rings. The number of benzene rings is 1. The number of H-pyrrole nitrogens is 1. The maximum Gasteiger partial charge on any atom is 0.335 e. The van der Waals surface area contributed by atoms with Crippen molar-refractivity contribution in [3.8, 4) is 17.0 Å². The minimum atomic E-state index is -3.72. The minimum Gasteiger partial charge on any atom is -0.493 e. The molecule has 0 aliphatic rings. The first-order valence-corrected chi connectivity index (χ1v) is 13.1. The molecule has 0 amide bonds. The highest BCUT2D eigenvalue weighted by molar-refractivity contribution is 9.10. The zero-order chi connectivity index (χ0) is 22.8. The molecule has 0 atom stereocenters. The van der Waals surface area contributed by atoms with Crippen LogP contribution in [-0.2, 0) is 14.8 Å². The topological polar surface area (TPSA) is 111 Å². The molecule has 0 aliphatic carbocycles. The van der Waals surface area contributed by atoms with Crippen LogP contribution in [0.25, 0.3) is 27.9 Å². The number of rotatable bonds is 5. The van der Waals surface area contributed by atoms with E-state index in [1.54, 1.807) is 4.57 Å². The average Bonchev–Trinajstić information content (AvgIpc) is 3.30. The maximum atomic E-state index is 12.8. The lowest BCUT2D eigenvalue weighted by molar-refractivity contribution is 0.341. The summed E-state index contributed by atoms with van der Waals surface area (Å²) in [7, 11) is 4.81. The third-order valence-electron chi connectivity index (χ3n) is 4.30. The van der Waals surface area contributed by atoms with Crippen molar-refractivity contribution in [3.63, 3.8) is 0 Å². The van der Waals surface area contributed by atoms with E-state index < -0.39 is 8.26 Å². The fraction of sp³-hybridized carbons (Fsp3) is 0.278. The number of aromatic nitrogens is 5. The van der Waals surface area contributed by atoms with Crippen molar-refractivity contribution in [1.82, 2.24) is 24.1 Å². The van der Waals surface area contributed by atoms with Crippen molar-refractivity contribution < 1.29 is 13.2 Å². The van der Waals surface area contributed by atoms with Gasteiger partial charge in [-0.3, -0.25) is 4.57 Å². The second kappa shape index (κ2) is 9.60. The Hall–Kier alpha value is -2.08. The van der Waals surface area contributed by atoms with Crippen LogP contribution in [-0.4, -0.2) is 39.2 Å². The Labute approximate surface area is 195 Å². The van der Waals surface area contributed by atoms with Crippen molar-refractivity contribution in [3.05, 3.63) is 45.5 Å². The van der Waals surface area contributed by atoms with E-state index in [0.29, 0.717) is 18.8 Å². The molecule has 3 aromatic heterocycles. The van der Waals surface area contributed by atoms with E-state index in [9.17, 15) is 4.79 Å². The van der Waals surface area contributed by atoms with Gasteiger partial charge in [0.1, 0.15) is 17.6 Å². The molecule has 31 heavy (non-hydrogen) atoms. The second-order valence-corrected chi connectivity index (χ2v) is 10.8. The Kier molecular flexibility index (Phi) is 7.30. The standard InChI is InChI=1S/C18H18BrN5O2.Cl2O2S/c1-3-9-23-16-13(19)14(11-7-5-6-8-12(11)26-4-2)21-15(16)17-22-20-10-24(17)18(23)25;1-5(2,3)4/h5-8,10,21H,3-4,9H2,1-2H3;. The number of ether oxygens (including phenoxy) is 1. The molecule has 0 unspecified atom stereocenters. The Morgan fingerprint density at radius 1 is 1.23 bits per heavy atom. The summed E-state index contributed by atoms with van der Waals surface area (Å²) in [5.74, 6) is 0.782. The number of aromatic amines is 1. The molecule has 166 valence electrons. The number of nitrogens with one attached hydrogen (secondary N) is 1. The smallest absolute Gasteiger partial charge is 0.335 e. The molecular weight excluding hydrogens is 533 g/mol. The van der Waals surface area contributed by atoms with E-state index in [0.717, 1.165) is 38.9 Å². The normalized spacial score (nSPS) is 11.5. The largest absolute Gasteiger partial charge is 0.493 e. The van der Waals surface area contributed by atoms with Crippen LogP contribution in [0.4, 0.5) is 0 Å². The van der Waals surface area contributed by atoms with E-state index >= 15 is 0 Å². The molecule has 13 heteroatoms. The summed E-state index contributed by atoms with van der Waals surface area (Å²) >= 11 is 3.70. The van der Waals surface area contributed by atoms with Gasteiger partial charge < -0.3 is 9.72 Å². The highest BCUT2D eigenvalue weighted by Crippen LogP contribution is 2.39. The summed E-state index contributed by atoms with van der Waals surface area (Å²) in [5, 5.41) is 8.04. The van der Waals surface area contributed by atoms with E-state index in [4.69, 9.17) is 13.2 Å². The van der Waals surface area contributed by atoms with Gasteiger partial charge in [-0.25, -0.2) is 9.20 Å². The summed E-state index contributed by atoms with van der Waals surface area (Å²) in [5.41, 5.74) is 3.69. The molecule has 4 rings (SSSR count). The number of hydrogen-bond donors (Lipinski definition) is 1. The van der Waals surface area contributed by atoms with Crippen molar-refractivity contribution in [1.29, 1.82) is 0 Å². The summed E-state index contributed by atoms with van der Waals surface area (Å²) in [4.78, 5) is 16.3. The summed E-state index contributed by atoms with van der Waals surface area (Å²) in [6.07, 6.45) is 2.29. The van der Waals surface area contributed by atoms with Gasteiger partial charge in [-0.2, -0.15) is 8.42 Å². The Balaban J connectivity index is 0.000000491. The number of fused-ring (bicyclic) bond motifs is 3. The average molecular weight is 551 g/mol. The van der Waals surface area contributed by atoms with Crippen LogP contribution in [0.2, 0.25) is 0 Å². The van der Waals surface area contributed by atoms with Crippen molar-refractivity contribution in [2.24, 2.45) is 0 Å². The molecule has 4 aromatic rings. The number of halogens is 3. The van der Waals surface area contributed by atoms with Gasteiger partial charge >= 0.3 is 14.0 Å². The number of para-hydroxylation sites is 1. The van der Waals surface area contributed by atoms with Gasteiger partial charge in [0.2, 0.25) is 0 Å². The van der Waals surface area contributed by atoms with Crippen LogP contribution in [0.1, 0.15) is 20.3 Å². The molecule has 0 spiro atoms. The SMILES string of the molecule is CCCn1c(=O)n2cnnc2c2[nH]c(-c3ccccc3OCC)c(Br)c21.O=S(=O)(Cl)Cl. The Morgan fingerprint density at radius 2 is 1.90 bits per heavy atom. The number of nitrogens with zero attached hydrogens (tertiary/aromatic N) is 4. The van der Waals surface area contributed by atoms with E-state index in [2.05, 4.69) is 52.5 Å². The predicted molar refractivity (Wildman–Crippen MR) is 124 cm³/mol. The van der Waals surface area contributed by atoms with Gasteiger partial charge in [0.05, 0.1) is 22.3 Å². The van der Waals surface area contributed by atoms with Gasteiger partial charge in [-0.05, 0) is 41.4 Å². The summed E-state index contributed by atoms with van der Waals surface area (Å²) in [6.45, 7) is 5.17. The molecule has 0 saturated carbocycles. The van der Waals surface area contributed by atoms with Crippen molar-refractivity contribution in [2.45, 2.75) is 26.8 Å². The molecule has 1 N–H and O–H groups in total. The lowest BCUT2D eigenvalue weighted by Crippen LogP contribution is -2.26. The van der Waals surface area contributed by atoms with Gasteiger partial charge in [-0.1, -0.05) is 19.1 Å². The van der Waals surface area contributed by atoms with Crippen molar-refractivity contribution in [2.75, 3.05) is 6.61 Å². The maximum absolute atomic E-state index is 12.8. The second-order valence-electron chi connectivity index (χ2n) is 6.30. The fourth-order valence-corrected chi connectivity index (χ4v) is 3.95. The van der Waals surface area contributed by atoms with Crippen LogP contribution in [0.3, 0.4) is 0 Å². The lowest BCUT2D eigenvalue weighted by atomic mass is 10.1. The molecule has 1 aromatic carbocycles. The first kappa shape index (κ1) is 23.6. The summed E-state index contributed by atoms with van der Waals surface area (Å²) < 4.78 is 28.1. The predicted octanol–water partition coefficient (Wildman–Crippen LogP) is 4.32. The molecule has 3 heterocycles. The Morgan fingerprint density at radius 3 is 2.55 bits per heavy atom. The number of hydrogen-bond acceptors (Lipinski definition) is 6. The summed E-state index contributed by atoms with van der Waals surface area (Å²) in [6, 6.07) is 7.82. The van der Waals surface area contributed by atoms with Crippen LogP contribution in [0, 0.1) is 0 Å². The monoisotopic (exact) mass is 549 g/mol. The third kappa shape index (κ3) is 5.05. The van der Waals surface area contributed by atoms with Crippen LogP contribution in [0.5, 0.6) is 5.75 Å². The molecule has 0 aliphatic heterocycles. The van der Waals surface area contributed by atoms with Crippen LogP contribution >= 0.6 is 37.3 Å². The van der Waals surface area contributed by atoms with Crippen LogP contribution in [0.15, 0.2) is 39.9 Å². The Bertz CT molecular complexity index is 1390. The van der Waals surface area contributed by atoms with Gasteiger partial charge in [0, 0.05) is 33.5 Å². The van der Waals surface area contributed by atoms with E-state index in [1.807, 2.05) is 38.1 Å². The molecule has 0 saturated heterocycles. The molecule has 0 radical (unpaired) electrons. The van der Waals surface area contributed by atoms with E-state index in [-0.39, 0.29) is 5.69 Å². The molecule has 9 nitrogen and oxygen atoms in total. The highest BCUT2D eigenvalue weighted by atomic mass is 79.9.